The monoisotopic (exact) mass is 351 g/mol. The summed E-state index contributed by atoms with van der Waals surface area (Å²) in [6, 6.07) is 9.95. The predicted molar refractivity (Wildman–Crippen MR) is 93.0 cm³/mol. The molecule has 2 aliphatic heterocycles. The number of rotatable bonds is 2. The molecule has 1 atom stereocenters. The molecule has 1 fully saturated rings. The number of hydrogen-bond acceptors (Lipinski definition) is 3. The Bertz CT molecular complexity index is 962. The topological polar surface area (TPSA) is 51.3 Å². The SMILES string of the molecule is O=C(c1ccco1)N1CCC2(Cc3ncc(-c4ccc(F)cc4)n3C2)C1. The molecule has 5 nitrogen and oxygen atoms in total. The fourth-order valence-corrected chi connectivity index (χ4v) is 4.25. The van der Waals surface area contributed by atoms with Gasteiger partial charge in [0.05, 0.1) is 18.2 Å². The molecule has 1 saturated heterocycles. The van der Waals surface area contributed by atoms with Gasteiger partial charge in [0.2, 0.25) is 0 Å². The van der Waals surface area contributed by atoms with Crippen molar-refractivity contribution in [3.8, 4) is 11.3 Å². The lowest BCUT2D eigenvalue weighted by Gasteiger charge is -2.23. The van der Waals surface area contributed by atoms with E-state index in [2.05, 4.69) is 9.55 Å². The third kappa shape index (κ3) is 2.36. The van der Waals surface area contributed by atoms with E-state index < -0.39 is 0 Å². The summed E-state index contributed by atoms with van der Waals surface area (Å²) in [5, 5.41) is 0. The highest BCUT2D eigenvalue weighted by Gasteiger charge is 2.46. The molecule has 2 aromatic heterocycles. The second kappa shape index (κ2) is 5.56. The maximum absolute atomic E-state index is 13.2. The zero-order chi connectivity index (χ0) is 17.7. The molecule has 0 N–H and O–H groups in total. The number of fused-ring (bicyclic) bond motifs is 1. The van der Waals surface area contributed by atoms with Crippen molar-refractivity contribution >= 4 is 5.91 Å². The lowest BCUT2D eigenvalue weighted by molar-refractivity contribution is 0.0740. The van der Waals surface area contributed by atoms with Gasteiger partial charge in [-0.05, 0) is 48.4 Å². The number of imidazole rings is 1. The number of amides is 1. The van der Waals surface area contributed by atoms with Crippen LogP contribution in [0.3, 0.4) is 0 Å². The van der Waals surface area contributed by atoms with Gasteiger partial charge in [0.15, 0.2) is 5.76 Å². The Hall–Kier alpha value is -2.89. The number of halogens is 1. The van der Waals surface area contributed by atoms with Crippen molar-refractivity contribution in [2.24, 2.45) is 5.41 Å². The van der Waals surface area contributed by atoms with E-state index in [9.17, 15) is 9.18 Å². The van der Waals surface area contributed by atoms with Crippen molar-refractivity contribution in [3.63, 3.8) is 0 Å². The molecule has 1 aromatic carbocycles. The quantitative estimate of drug-likeness (QED) is 0.711. The Morgan fingerprint density at radius 1 is 1.19 bits per heavy atom. The standard InChI is InChI=1S/C20H18FN3O2/c21-15-5-3-14(4-6-15)16-11-22-18-10-20(13-24(16)18)7-8-23(12-20)19(25)17-2-1-9-26-17/h1-6,9,11H,7-8,10,12-13H2. The van der Waals surface area contributed by atoms with Gasteiger partial charge in [-0.2, -0.15) is 0 Å². The fraction of sp³-hybridized carbons (Fsp3) is 0.300. The lowest BCUT2D eigenvalue weighted by atomic mass is 9.86. The van der Waals surface area contributed by atoms with Crippen LogP contribution in [0.15, 0.2) is 53.3 Å². The summed E-state index contributed by atoms with van der Waals surface area (Å²) in [5.74, 6) is 1.14. The Morgan fingerprint density at radius 3 is 2.81 bits per heavy atom. The number of carbonyl (C=O) groups is 1. The first-order valence-electron chi connectivity index (χ1n) is 8.77. The van der Waals surface area contributed by atoms with Crippen LogP contribution in [0, 0.1) is 11.2 Å². The van der Waals surface area contributed by atoms with E-state index in [-0.39, 0.29) is 17.1 Å². The van der Waals surface area contributed by atoms with Gasteiger partial charge in [0.25, 0.3) is 5.91 Å². The lowest BCUT2D eigenvalue weighted by Crippen LogP contribution is -2.32. The predicted octanol–water partition coefficient (Wildman–Crippen LogP) is 3.37. The Balaban J connectivity index is 1.38. The van der Waals surface area contributed by atoms with Crippen LogP contribution in [0.25, 0.3) is 11.3 Å². The smallest absolute Gasteiger partial charge is 0.289 e. The molecule has 1 spiro atoms. The van der Waals surface area contributed by atoms with Crippen molar-refractivity contribution in [2.45, 2.75) is 19.4 Å². The first-order valence-corrected chi connectivity index (χ1v) is 8.77. The number of benzene rings is 1. The minimum absolute atomic E-state index is 0.0284. The maximum atomic E-state index is 13.2. The molecule has 0 bridgehead atoms. The largest absolute Gasteiger partial charge is 0.459 e. The fourth-order valence-electron chi connectivity index (χ4n) is 4.25. The molecule has 1 unspecified atom stereocenters. The zero-order valence-electron chi connectivity index (χ0n) is 14.2. The first kappa shape index (κ1) is 15.4. The Morgan fingerprint density at radius 2 is 2.04 bits per heavy atom. The Labute approximate surface area is 150 Å². The number of hydrogen-bond donors (Lipinski definition) is 0. The highest BCUT2D eigenvalue weighted by Crippen LogP contribution is 2.42. The van der Waals surface area contributed by atoms with Crippen LogP contribution in [0.5, 0.6) is 0 Å². The first-order chi connectivity index (χ1) is 12.6. The maximum Gasteiger partial charge on any atom is 0.289 e. The number of furan rings is 1. The highest BCUT2D eigenvalue weighted by molar-refractivity contribution is 5.91. The average molecular weight is 351 g/mol. The molecule has 2 aliphatic rings. The van der Waals surface area contributed by atoms with Gasteiger partial charge in [0.1, 0.15) is 11.6 Å². The minimum Gasteiger partial charge on any atom is -0.459 e. The normalized spacial score (nSPS) is 21.5. The molecule has 6 heteroatoms. The van der Waals surface area contributed by atoms with E-state index in [0.29, 0.717) is 12.3 Å². The van der Waals surface area contributed by atoms with Gasteiger partial charge in [-0.25, -0.2) is 9.37 Å². The number of nitrogens with zero attached hydrogens (tertiary/aromatic N) is 3. The van der Waals surface area contributed by atoms with E-state index in [1.54, 1.807) is 24.3 Å². The molecule has 0 saturated carbocycles. The van der Waals surface area contributed by atoms with Crippen molar-refractivity contribution < 1.29 is 13.6 Å². The molecular weight excluding hydrogens is 333 g/mol. The van der Waals surface area contributed by atoms with Crippen molar-refractivity contribution in [2.75, 3.05) is 13.1 Å². The molecule has 1 amide bonds. The molecular formula is C20H18FN3O2. The van der Waals surface area contributed by atoms with Gasteiger partial charge >= 0.3 is 0 Å². The summed E-state index contributed by atoms with van der Waals surface area (Å²) in [7, 11) is 0. The van der Waals surface area contributed by atoms with Crippen LogP contribution in [-0.4, -0.2) is 33.4 Å². The van der Waals surface area contributed by atoms with Crippen LogP contribution < -0.4 is 0 Å². The van der Waals surface area contributed by atoms with Gasteiger partial charge in [-0.15, -0.1) is 0 Å². The van der Waals surface area contributed by atoms with E-state index >= 15 is 0 Å². The summed E-state index contributed by atoms with van der Waals surface area (Å²) < 4.78 is 20.7. The van der Waals surface area contributed by atoms with E-state index in [4.69, 9.17) is 4.42 Å². The van der Waals surface area contributed by atoms with Crippen LogP contribution in [0.2, 0.25) is 0 Å². The van der Waals surface area contributed by atoms with Crippen LogP contribution >= 0.6 is 0 Å². The molecule has 132 valence electrons. The highest BCUT2D eigenvalue weighted by atomic mass is 19.1. The molecule has 0 radical (unpaired) electrons. The number of aromatic nitrogens is 2. The third-order valence-electron chi connectivity index (χ3n) is 5.56. The molecule has 5 rings (SSSR count). The zero-order valence-corrected chi connectivity index (χ0v) is 14.2. The molecule has 4 heterocycles. The van der Waals surface area contributed by atoms with Gasteiger partial charge < -0.3 is 13.9 Å². The second-order valence-electron chi connectivity index (χ2n) is 7.28. The summed E-state index contributed by atoms with van der Waals surface area (Å²) in [6.07, 6.45) is 5.19. The van der Waals surface area contributed by atoms with Crippen molar-refractivity contribution in [1.29, 1.82) is 0 Å². The number of carbonyl (C=O) groups excluding carboxylic acids is 1. The van der Waals surface area contributed by atoms with Crippen LogP contribution in [0.4, 0.5) is 4.39 Å². The average Bonchev–Trinajstić information content (AvgIpc) is 3.40. The van der Waals surface area contributed by atoms with Crippen molar-refractivity contribution in [3.05, 3.63) is 66.3 Å². The van der Waals surface area contributed by atoms with Crippen LogP contribution in [0.1, 0.15) is 22.8 Å². The summed E-state index contributed by atoms with van der Waals surface area (Å²) >= 11 is 0. The third-order valence-corrected chi connectivity index (χ3v) is 5.56. The van der Waals surface area contributed by atoms with Gasteiger partial charge in [0, 0.05) is 31.5 Å². The second-order valence-corrected chi connectivity index (χ2v) is 7.28. The van der Waals surface area contributed by atoms with Gasteiger partial charge in [-0.1, -0.05) is 0 Å². The summed E-state index contributed by atoms with van der Waals surface area (Å²) in [5.41, 5.74) is 2.00. The summed E-state index contributed by atoms with van der Waals surface area (Å²) in [6.45, 7) is 2.27. The van der Waals surface area contributed by atoms with E-state index in [0.717, 1.165) is 43.0 Å². The molecule has 26 heavy (non-hydrogen) atoms. The Kier molecular flexibility index (Phi) is 3.29. The van der Waals surface area contributed by atoms with E-state index in [1.165, 1.54) is 18.4 Å². The van der Waals surface area contributed by atoms with E-state index in [1.807, 2.05) is 11.1 Å². The van der Waals surface area contributed by atoms with Crippen molar-refractivity contribution in [1.82, 2.24) is 14.5 Å². The van der Waals surface area contributed by atoms with Gasteiger partial charge in [-0.3, -0.25) is 4.79 Å². The molecule has 0 aliphatic carbocycles. The van der Waals surface area contributed by atoms with Crippen LogP contribution in [-0.2, 0) is 13.0 Å². The number of likely N-dealkylation sites (tertiary alicyclic amines) is 1. The summed E-state index contributed by atoms with van der Waals surface area (Å²) in [4.78, 5) is 19.0. The minimum atomic E-state index is -0.241. The molecule has 3 aromatic rings.